The quantitative estimate of drug-likeness (QED) is 0.0282. The van der Waals surface area contributed by atoms with Crippen LogP contribution in [-0.4, -0.2) is 80.6 Å². The zero-order chi connectivity index (χ0) is 44.2. The predicted molar refractivity (Wildman–Crippen MR) is 252 cm³/mol. The summed E-state index contributed by atoms with van der Waals surface area (Å²) in [5.74, 6) is -1.50. The number of nitrogens with zero attached hydrogens (tertiary/aromatic N) is 1. The molecule has 0 aliphatic heterocycles. The van der Waals surface area contributed by atoms with Crippen LogP contribution in [-0.2, 0) is 28.6 Å². The van der Waals surface area contributed by atoms with Crippen LogP contribution in [0.2, 0.25) is 0 Å². The van der Waals surface area contributed by atoms with E-state index in [0.29, 0.717) is 19.3 Å². The molecule has 346 valence electrons. The molecule has 0 heterocycles. The van der Waals surface area contributed by atoms with Gasteiger partial charge in [-0.05, 0) is 83.5 Å². The van der Waals surface area contributed by atoms with Gasteiger partial charge in [0.05, 0.1) is 34.4 Å². The van der Waals surface area contributed by atoms with E-state index in [1.165, 1.54) is 89.9 Å². The van der Waals surface area contributed by atoms with Gasteiger partial charge in [0.2, 0.25) is 0 Å². The zero-order valence-electron chi connectivity index (χ0n) is 39.4. The lowest BCUT2D eigenvalue weighted by Crippen LogP contribution is -2.50. The third-order valence-electron chi connectivity index (χ3n) is 10.6. The van der Waals surface area contributed by atoms with Gasteiger partial charge in [0.1, 0.15) is 6.61 Å². The second-order valence-electron chi connectivity index (χ2n) is 17.4. The van der Waals surface area contributed by atoms with Crippen molar-refractivity contribution >= 4 is 17.9 Å². The minimum absolute atomic E-state index is 0.0503. The molecule has 0 aromatic rings. The molecule has 2 atom stereocenters. The van der Waals surface area contributed by atoms with E-state index >= 15 is 0 Å². The first-order valence-corrected chi connectivity index (χ1v) is 24.3. The minimum Gasteiger partial charge on any atom is -0.477 e. The van der Waals surface area contributed by atoms with Gasteiger partial charge in [0.15, 0.2) is 12.1 Å². The topological polar surface area (TPSA) is 99.1 Å². The summed E-state index contributed by atoms with van der Waals surface area (Å²) < 4.78 is 17.3. The molecule has 1 N–H and O–H groups in total. The van der Waals surface area contributed by atoms with E-state index in [-0.39, 0.29) is 36.2 Å². The van der Waals surface area contributed by atoms with Crippen molar-refractivity contribution in [1.29, 1.82) is 0 Å². The summed E-state index contributed by atoms with van der Waals surface area (Å²) in [6.07, 6.45) is 52.6. The van der Waals surface area contributed by atoms with Crippen molar-refractivity contribution in [2.24, 2.45) is 0 Å². The van der Waals surface area contributed by atoms with Gasteiger partial charge >= 0.3 is 17.9 Å². The number of hydrogen-bond acceptors (Lipinski definition) is 6. The van der Waals surface area contributed by atoms with Gasteiger partial charge in [-0.15, -0.1) is 0 Å². The molecule has 0 spiro atoms. The van der Waals surface area contributed by atoms with Crippen molar-refractivity contribution in [3.8, 4) is 0 Å². The fourth-order valence-corrected chi connectivity index (χ4v) is 6.83. The van der Waals surface area contributed by atoms with E-state index in [0.717, 1.165) is 77.0 Å². The molecule has 0 radical (unpaired) electrons. The molecule has 8 nitrogen and oxygen atoms in total. The molecule has 60 heavy (non-hydrogen) atoms. The van der Waals surface area contributed by atoms with Gasteiger partial charge < -0.3 is 23.8 Å². The lowest BCUT2D eigenvalue weighted by molar-refractivity contribution is -0.887. The molecular formula is C52H92NO7+. The second kappa shape index (κ2) is 42.7. The van der Waals surface area contributed by atoms with E-state index in [4.69, 9.17) is 14.2 Å². The highest BCUT2D eigenvalue weighted by Crippen LogP contribution is 2.14. The number of hydrogen-bond donors (Lipinski definition) is 1. The number of unbranched alkanes of at least 4 members (excludes halogenated alkanes) is 19. The van der Waals surface area contributed by atoms with Gasteiger partial charge in [-0.25, -0.2) is 4.79 Å². The molecule has 0 aromatic carbocycles. The Kier molecular flexibility index (Phi) is 40.6. The van der Waals surface area contributed by atoms with E-state index < -0.39 is 18.1 Å². The molecule has 0 bridgehead atoms. The van der Waals surface area contributed by atoms with Gasteiger partial charge in [0.25, 0.3) is 0 Å². The highest BCUT2D eigenvalue weighted by Gasteiger charge is 2.31. The average Bonchev–Trinajstić information content (AvgIpc) is 3.21. The van der Waals surface area contributed by atoms with Crippen molar-refractivity contribution in [2.45, 2.75) is 212 Å². The maximum atomic E-state index is 12.8. The number of allylic oxidation sites excluding steroid dienone is 10. The zero-order valence-corrected chi connectivity index (χ0v) is 39.4. The number of esters is 2. The summed E-state index contributed by atoms with van der Waals surface area (Å²) in [6, 6.07) is -0.621. The first-order chi connectivity index (χ1) is 29.1. The number of rotatable bonds is 43. The maximum absolute atomic E-state index is 12.8. The fraction of sp³-hybridized carbons (Fsp3) is 0.750. The summed E-state index contributed by atoms with van der Waals surface area (Å²) in [5, 5.41) is 9.64. The Bertz CT molecular complexity index is 1170. The summed E-state index contributed by atoms with van der Waals surface area (Å²) in [4.78, 5) is 37.1. The molecular weight excluding hydrogens is 751 g/mol. The van der Waals surface area contributed by atoms with Crippen LogP contribution < -0.4 is 0 Å². The number of aliphatic carboxylic acids is 1. The number of quaternary nitrogens is 1. The maximum Gasteiger partial charge on any atom is 0.362 e. The van der Waals surface area contributed by atoms with E-state index in [1.54, 1.807) is 0 Å². The van der Waals surface area contributed by atoms with Crippen LogP contribution in [0.25, 0.3) is 0 Å². The minimum atomic E-state index is -0.880. The Balaban J connectivity index is 4.34. The molecule has 0 amide bonds. The first-order valence-electron chi connectivity index (χ1n) is 24.3. The Labute approximate surface area is 368 Å². The summed E-state index contributed by atoms with van der Waals surface area (Å²) in [6.45, 7) is 4.67. The van der Waals surface area contributed by atoms with E-state index in [1.807, 2.05) is 21.1 Å². The highest BCUT2D eigenvalue weighted by atomic mass is 16.6. The molecule has 0 aromatic heterocycles. The molecule has 2 unspecified atom stereocenters. The first kappa shape index (κ1) is 57.0. The standard InChI is InChI=1S/C52H91NO7/c1-6-8-10-12-14-16-18-20-22-23-24-25-26-27-29-31-33-35-37-39-41-43-51(55)60-48(46-58-45-44-49(52(56)57)53(3,4)5)47-59-50(54)42-40-38-36-34-32-30-28-21-19-17-15-13-11-9-7-2/h14,16-17,19-20,22,24-25,27,29,48-49H,6-13,15,18,21,23,26,28,30-47H2,1-5H3/p+1/b16-14+,19-17+,22-20+,25-24+,29-27+. The number of carboxylic acid groups (broad SMARTS) is 1. The fourth-order valence-electron chi connectivity index (χ4n) is 6.83. The monoisotopic (exact) mass is 843 g/mol. The number of likely N-dealkylation sites (N-methyl/N-ethyl adjacent to an activating group) is 1. The Morgan fingerprint density at radius 1 is 0.500 bits per heavy atom. The van der Waals surface area contributed by atoms with E-state index in [2.05, 4.69) is 74.6 Å². The lowest BCUT2D eigenvalue weighted by atomic mass is 10.1. The molecule has 0 saturated heterocycles. The number of carboxylic acids is 1. The molecule has 0 aliphatic carbocycles. The second-order valence-corrected chi connectivity index (χ2v) is 17.4. The van der Waals surface area contributed by atoms with Crippen LogP contribution >= 0.6 is 0 Å². The van der Waals surface area contributed by atoms with Crippen LogP contribution in [0.4, 0.5) is 0 Å². The number of carbonyl (C=O) groups is 3. The molecule has 0 fully saturated rings. The third kappa shape index (κ3) is 40.4. The molecule has 0 aliphatic rings. The summed E-state index contributed by atoms with van der Waals surface area (Å²) >= 11 is 0. The molecule has 0 rings (SSSR count). The van der Waals surface area contributed by atoms with Crippen molar-refractivity contribution in [3.63, 3.8) is 0 Å². The number of carbonyl (C=O) groups excluding carboxylic acids is 2. The van der Waals surface area contributed by atoms with Crippen LogP contribution in [0.5, 0.6) is 0 Å². The van der Waals surface area contributed by atoms with E-state index in [9.17, 15) is 19.5 Å². The smallest absolute Gasteiger partial charge is 0.362 e. The third-order valence-corrected chi connectivity index (χ3v) is 10.6. The summed E-state index contributed by atoms with van der Waals surface area (Å²) in [7, 11) is 5.52. The lowest BCUT2D eigenvalue weighted by Gasteiger charge is -2.31. The normalized spacial score (nSPS) is 13.4. The molecule has 8 heteroatoms. The Morgan fingerprint density at radius 2 is 0.883 bits per heavy atom. The van der Waals surface area contributed by atoms with Crippen molar-refractivity contribution < 1.29 is 38.2 Å². The Hall–Kier alpha value is -2.97. The Morgan fingerprint density at radius 3 is 1.35 bits per heavy atom. The average molecular weight is 843 g/mol. The van der Waals surface area contributed by atoms with Gasteiger partial charge in [-0.3, -0.25) is 9.59 Å². The van der Waals surface area contributed by atoms with Crippen LogP contribution in [0, 0.1) is 0 Å². The van der Waals surface area contributed by atoms with Gasteiger partial charge in [0, 0.05) is 19.3 Å². The predicted octanol–water partition coefficient (Wildman–Crippen LogP) is 13.8. The largest absolute Gasteiger partial charge is 0.477 e. The molecule has 0 saturated carbocycles. The highest BCUT2D eigenvalue weighted by molar-refractivity contribution is 5.72. The van der Waals surface area contributed by atoms with Gasteiger partial charge in [-0.2, -0.15) is 0 Å². The van der Waals surface area contributed by atoms with Crippen molar-refractivity contribution in [3.05, 3.63) is 60.8 Å². The van der Waals surface area contributed by atoms with Crippen molar-refractivity contribution in [1.82, 2.24) is 0 Å². The van der Waals surface area contributed by atoms with Gasteiger partial charge in [-0.1, -0.05) is 158 Å². The number of ether oxygens (including phenoxy) is 3. The van der Waals surface area contributed by atoms with Crippen LogP contribution in [0.3, 0.4) is 0 Å². The summed E-state index contributed by atoms with van der Waals surface area (Å²) in [5.41, 5.74) is 0. The SMILES string of the molecule is CCCCC/C=C/C/C=C/C/C=C/C/C=C/CCCCCCCC(=O)OC(COCCC(C(=O)O)[N+](C)(C)C)COC(=O)CCCCCCCCC/C=C/CCCCCC. The van der Waals surface area contributed by atoms with Crippen LogP contribution in [0.15, 0.2) is 60.8 Å². The van der Waals surface area contributed by atoms with Crippen LogP contribution in [0.1, 0.15) is 200 Å². The van der Waals surface area contributed by atoms with Crippen molar-refractivity contribution in [2.75, 3.05) is 41.0 Å².